The Bertz CT molecular complexity index is 735. The Morgan fingerprint density at radius 1 is 1.23 bits per heavy atom. The zero-order valence-corrected chi connectivity index (χ0v) is 11.6. The van der Waals surface area contributed by atoms with Gasteiger partial charge in [-0.2, -0.15) is 0 Å². The quantitative estimate of drug-likeness (QED) is 0.727. The summed E-state index contributed by atoms with van der Waals surface area (Å²) in [6, 6.07) is 13.7. The summed E-state index contributed by atoms with van der Waals surface area (Å²) in [7, 11) is 0. The number of benzene rings is 1. The summed E-state index contributed by atoms with van der Waals surface area (Å²) in [5.41, 5.74) is 1.43. The number of hydrogen-bond donors (Lipinski definition) is 2. The molecule has 3 aromatic rings. The molecule has 6 heteroatoms. The molecule has 0 saturated carbocycles. The van der Waals surface area contributed by atoms with Crippen LogP contribution in [0.2, 0.25) is 0 Å². The van der Waals surface area contributed by atoms with Crippen molar-refractivity contribution >= 4 is 11.9 Å². The SMILES string of the molecule is O=C(O)C(Cc1ccccc1)Nc1cc(-c2ccco2)no1. The number of anilines is 1. The van der Waals surface area contributed by atoms with Gasteiger partial charge in [-0.3, -0.25) is 0 Å². The maximum atomic E-state index is 11.4. The first-order chi connectivity index (χ1) is 10.7. The van der Waals surface area contributed by atoms with Crippen LogP contribution in [0, 0.1) is 0 Å². The van der Waals surface area contributed by atoms with Crippen LogP contribution in [-0.2, 0) is 11.2 Å². The summed E-state index contributed by atoms with van der Waals surface area (Å²) < 4.78 is 10.3. The second kappa shape index (κ2) is 6.17. The van der Waals surface area contributed by atoms with E-state index < -0.39 is 12.0 Å². The second-order valence-corrected chi connectivity index (χ2v) is 4.78. The van der Waals surface area contributed by atoms with Crippen LogP contribution in [-0.4, -0.2) is 22.3 Å². The molecule has 0 saturated heterocycles. The van der Waals surface area contributed by atoms with Gasteiger partial charge in [0.1, 0.15) is 6.04 Å². The number of aromatic nitrogens is 1. The molecule has 2 N–H and O–H groups in total. The first-order valence-corrected chi connectivity index (χ1v) is 6.76. The molecule has 22 heavy (non-hydrogen) atoms. The topological polar surface area (TPSA) is 88.5 Å². The van der Waals surface area contributed by atoms with Gasteiger partial charge in [-0.05, 0) is 17.7 Å². The van der Waals surface area contributed by atoms with Crippen molar-refractivity contribution in [3.63, 3.8) is 0 Å². The van der Waals surface area contributed by atoms with Crippen molar-refractivity contribution in [2.24, 2.45) is 0 Å². The molecule has 0 aliphatic heterocycles. The fourth-order valence-electron chi connectivity index (χ4n) is 2.11. The molecular formula is C16H14N2O4. The van der Waals surface area contributed by atoms with Gasteiger partial charge in [-0.25, -0.2) is 4.79 Å². The van der Waals surface area contributed by atoms with Gasteiger partial charge in [0.15, 0.2) is 11.5 Å². The zero-order chi connectivity index (χ0) is 15.4. The van der Waals surface area contributed by atoms with E-state index in [1.54, 1.807) is 18.2 Å². The highest BCUT2D eigenvalue weighted by Gasteiger charge is 2.20. The fourth-order valence-corrected chi connectivity index (χ4v) is 2.11. The van der Waals surface area contributed by atoms with Gasteiger partial charge < -0.3 is 19.4 Å². The number of carboxylic acids is 1. The number of nitrogens with zero attached hydrogens (tertiary/aromatic N) is 1. The van der Waals surface area contributed by atoms with Crippen LogP contribution in [0.15, 0.2) is 63.7 Å². The van der Waals surface area contributed by atoms with E-state index in [-0.39, 0.29) is 5.88 Å². The Kier molecular flexibility index (Phi) is 3.91. The van der Waals surface area contributed by atoms with E-state index in [2.05, 4.69) is 10.5 Å². The molecule has 1 unspecified atom stereocenters. The molecule has 2 heterocycles. The summed E-state index contributed by atoms with van der Waals surface area (Å²) in [6.07, 6.45) is 1.87. The van der Waals surface area contributed by atoms with Crippen LogP contribution >= 0.6 is 0 Å². The van der Waals surface area contributed by atoms with E-state index in [1.165, 1.54) is 6.26 Å². The van der Waals surface area contributed by atoms with Gasteiger partial charge in [0, 0.05) is 12.5 Å². The molecule has 3 rings (SSSR count). The minimum Gasteiger partial charge on any atom is -0.480 e. The largest absolute Gasteiger partial charge is 0.480 e. The van der Waals surface area contributed by atoms with Crippen molar-refractivity contribution in [3.05, 3.63) is 60.4 Å². The molecule has 1 atom stereocenters. The lowest BCUT2D eigenvalue weighted by atomic mass is 10.1. The molecule has 2 aromatic heterocycles. The van der Waals surface area contributed by atoms with Crippen LogP contribution in [0.4, 0.5) is 5.88 Å². The van der Waals surface area contributed by atoms with E-state index in [4.69, 9.17) is 8.94 Å². The van der Waals surface area contributed by atoms with E-state index >= 15 is 0 Å². The monoisotopic (exact) mass is 298 g/mol. The van der Waals surface area contributed by atoms with Gasteiger partial charge in [0.05, 0.1) is 6.26 Å². The fraction of sp³-hybridized carbons (Fsp3) is 0.125. The molecule has 0 aliphatic carbocycles. The Labute approximate surface area is 126 Å². The minimum atomic E-state index is -0.959. The van der Waals surface area contributed by atoms with Gasteiger partial charge in [0.2, 0.25) is 5.88 Å². The molecule has 6 nitrogen and oxygen atoms in total. The van der Waals surface area contributed by atoms with E-state index in [0.29, 0.717) is 17.9 Å². The third-order valence-corrected chi connectivity index (χ3v) is 3.18. The number of rotatable bonds is 6. The Hall–Kier alpha value is -3.02. The lowest BCUT2D eigenvalue weighted by molar-refractivity contribution is -0.137. The molecule has 1 aromatic carbocycles. The molecule has 0 fully saturated rings. The summed E-state index contributed by atoms with van der Waals surface area (Å²) >= 11 is 0. The lowest BCUT2D eigenvalue weighted by Crippen LogP contribution is -2.31. The predicted octanol–water partition coefficient (Wildman–Crippen LogP) is 3.04. The summed E-state index contributed by atoms with van der Waals surface area (Å²) in [5.74, 6) is -0.110. The summed E-state index contributed by atoms with van der Waals surface area (Å²) in [4.78, 5) is 11.4. The number of carboxylic acid groups (broad SMARTS) is 1. The maximum absolute atomic E-state index is 11.4. The number of aliphatic carboxylic acids is 1. The Morgan fingerprint density at radius 3 is 2.73 bits per heavy atom. The highest BCUT2D eigenvalue weighted by molar-refractivity contribution is 5.77. The molecule has 0 bridgehead atoms. The first kappa shape index (κ1) is 13.9. The average molecular weight is 298 g/mol. The number of carbonyl (C=O) groups is 1. The predicted molar refractivity (Wildman–Crippen MR) is 79.4 cm³/mol. The average Bonchev–Trinajstić information content (AvgIpc) is 3.18. The van der Waals surface area contributed by atoms with Crippen LogP contribution in [0.25, 0.3) is 11.5 Å². The van der Waals surface area contributed by atoms with Crippen LogP contribution in [0.1, 0.15) is 5.56 Å². The third kappa shape index (κ3) is 3.17. The van der Waals surface area contributed by atoms with Gasteiger partial charge in [0.25, 0.3) is 0 Å². The van der Waals surface area contributed by atoms with Crippen LogP contribution in [0.5, 0.6) is 0 Å². The molecule has 0 amide bonds. The molecule has 0 radical (unpaired) electrons. The van der Waals surface area contributed by atoms with E-state index in [1.807, 2.05) is 30.3 Å². The van der Waals surface area contributed by atoms with Crippen molar-refractivity contribution in [2.75, 3.05) is 5.32 Å². The highest BCUT2D eigenvalue weighted by atomic mass is 16.5. The lowest BCUT2D eigenvalue weighted by Gasteiger charge is -2.13. The Balaban J connectivity index is 1.73. The van der Waals surface area contributed by atoms with E-state index in [9.17, 15) is 9.90 Å². The summed E-state index contributed by atoms with van der Waals surface area (Å²) in [6.45, 7) is 0. The maximum Gasteiger partial charge on any atom is 0.326 e. The zero-order valence-electron chi connectivity index (χ0n) is 11.6. The second-order valence-electron chi connectivity index (χ2n) is 4.78. The van der Waals surface area contributed by atoms with Crippen LogP contribution < -0.4 is 5.32 Å². The van der Waals surface area contributed by atoms with Gasteiger partial charge in [-0.15, -0.1) is 0 Å². The van der Waals surface area contributed by atoms with Crippen molar-refractivity contribution in [1.29, 1.82) is 0 Å². The summed E-state index contributed by atoms with van der Waals surface area (Å²) in [5, 5.41) is 16.0. The third-order valence-electron chi connectivity index (χ3n) is 3.18. The van der Waals surface area contributed by atoms with Crippen molar-refractivity contribution < 1.29 is 18.8 Å². The molecule has 112 valence electrons. The highest BCUT2D eigenvalue weighted by Crippen LogP contribution is 2.22. The van der Waals surface area contributed by atoms with Gasteiger partial charge in [-0.1, -0.05) is 35.5 Å². The standard InChI is InChI=1S/C16H14N2O4/c19-16(20)13(9-11-5-2-1-3-6-11)17-15-10-12(18-22-15)14-7-4-8-21-14/h1-8,10,13,17H,9H2,(H,19,20). The Morgan fingerprint density at radius 2 is 2.05 bits per heavy atom. The van der Waals surface area contributed by atoms with Gasteiger partial charge >= 0.3 is 5.97 Å². The van der Waals surface area contributed by atoms with Crippen LogP contribution in [0.3, 0.4) is 0 Å². The van der Waals surface area contributed by atoms with Crippen molar-refractivity contribution in [1.82, 2.24) is 5.16 Å². The minimum absolute atomic E-state index is 0.287. The van der Waals surface area contributed by atoms with E-state index in [0.717, 1.165) is 5.56 Å². The smallest absolute Gasteiger partial charge is 0.326 e. The number of hydrogen-bond acceptors (Lipinski definition) is 5. The molecule has 0 aliphatic rings. The number of nitrogens with one attached hydrogen (secondary N) is 1. The van der Waals surface area contributed by atoms with Crippen molar-refractivity contribution in [2.45, 2.75) is 12.5 Å². The first-order valence-electron chi connectivity index (χ1n) is 6.76. The number of furan rings is 1. The molecule has 0 spiro atoms. The normalized spacial score (nSPS) is 12.0. The molecular weight excluding hydrogens is 284 g/mol. The van der Waals surface area contributed by atoms with Crippen molar-refractivity contribution in [3.8, 4) is 11.5 Å².